The fourth-order valence-electron chi connectivity index (χ4n) is 1.47. The Labute approximate surface area is 114 Å². The standard InChI is InChI=1S/C12H14BrClFNO/c1-2-16(7-3-6-14)12(17)9-4-5-10(13)11(15)8-9/h4-5,8H,2-3,6-7H2,1H3. The van der Waals surface area contributed by atoms with Gasteiger partial charge in [-0.05, 0) is 47.5 Å². The SMILES string of the molecule is CCN(CCCCl)C(=O)c1ccc(Br)c(F)c1. The highest BCUT2D eigenvalue weighted by Crippen LogP contribution is 2.17. The van der Waals surface area contributed by atoms with Gasteiger partial charge >= 0.3 is 0 Å². The molecule has 0 fully saturated rings. The van der Waals surface area contributed by atoms with Crippen molar-refractivity contribution in [3.05, 3.63) is 34.1 Å². The normalized spacial score (nSPS) is 10.4. The maximum absolute atomic E-state index is 13.3. The molecule has 1 aromatic rings. The number of hydrogen-bond acceptors (Lipinski definition) is 1. The van der Waals surface area contributed by atoms with Crippen molar-refractivity contribution >= 4 is 33.4 Å². The Morgan fingerprint density at radius 2 is 2.24 bits per heavy atom. The molecule has 0 N–H and O–H groups in total. The molecule has 0 aliphatic rings. The molecule has 0 heterocycles. The Morgan fingerprint density at radius 3 is 2.76 bits per heavy atom. The molecule has 94 valence electrons. The van der Waals surface area contributed by atoms with Gasteiger partial charge < -0.3 is 4.90 Å². The van der Waals surface area contributed by atoms with Crippen LogP contribution in [-0.4, -0.2) is 29.8 Å². The molecule has 0 bridgehead atoms. The molecule has 0 saturated carbocycles. The lowest BCUT2D eigenvalue weighted by Gasteiger charge is -2.20. The van der Waals surface area contributed by atoms with E-state index in [1.54, 1.807) is 11.0 Å². The summed E-state index contributed by atoms with van der Waals surface area (Å²) in [5.41, 5.74) is 0.363. The van der Waals surface area contributed by atoms with Crippen LogP contribution in [-0.2, 0) is 0 Å². The van der Waals surface area contributed by atoms with Gasteiger partial charge in [0, 0.05) is 24.5 Å². The minimum atomic E-state index is -0.427. The highest BCUT2D eigenvalue weighted by molar-refractivity contribution is 9.10. The number of halogens is 3. The van der Waals surface area contributed by atoms with Crippen LogP contribution in [0.4, 0.5) is 4.39 Å². The molecule has 5 heteroatoms. The maximum Gasteiger partial charge on any atom is 0.253 e. The van der Waals surface area contributed by atoms with Crippen LogP contribution in [0.5, 0.6) is 0 Å². The van der Waals surface area contributed by atoms with E-state index in [1.165, 1.54) is 12.1 Å². The fraction of sp³-hybridized carbons (Fsp3) is 0.417. The highest BCUT2D eigenvalue weighted by Gasteiger charge is 2.14. The Morgan fingerprint density at radius 1 is 1.53 bits per heavy atom. The van der Waals surface area contributed by atoms with Crippen LogP contribution in [0, 0.1) is 5.82 Å². The van der Waals surface area contributed by atoms with Crippen molar-refractivity contribution in [1.29, 1.82) is 0 Å². The number of amides is 1. The van der Waals surface area contributed by atoms with E-state index in [1.807, 2.05) is 6.92 Å². The van der Waals surface area contributed by atoms with Crippen LogP contribution in [0.2, 0.25) is 0 Å². The summed E-state index contributed by atoms with van der Waals surface area (Å²) in [4.78, 5) is 13.7. The second-order valence-corrected chi connectivity index (χ2v) is 4.79. The average molecular weight is 323 g/mol. The predicted molar refractivity (Wildman–Crippen MR) is 71.0 cm³/mol. The van der Waals surface area contributed by atoms with E-state index in [9.17, 15) is 9.18 Å². The molecule has 0 saturated heterocycles. The van der Waals surface area contributed by atoms with Crippen LogP contribution in [0.25, 0.3) is 0 Å². The summed E-state index contributed by atoms with van der Waals surface area (Å²) in [7, 11) is 0. The lowest BCUT2D eigenvalue weighted by molar-refractivity contribution is 0.0764. The van der Waals surface area contributed by atoms with Crippen molar-refractivity contribution in [2.75, 3.05) is 19.0 Å². The van der Waals surface area contributed by atoms with Gasteiger partial charge in [0.05, 0.1) is 4.47 Å². The van der Waals surface area contributed by atoms with Crippen LogP contribution < -0.4 is 0 Å². The summed E-state index contributed by atoms with van der Waals surface area (Å²) in [6.07, 6.45) is 0.736. The van der Waals surface area contributed by atoms with Gasteiger partial charge in [-0.2, -0.15) is 0 Å². The van der Waals surface area contributed by atoms with Gasteiger partial charge in [0.25, 0.3) is 5.91 Å². The number of alkyl halides is 1. The maximum atomic E-state index is 13.3. The average Bonchev–Trinajstić information content (AvgIpc) is 2.33. The van der Waals surface area contributed by atoms with Crippen LogP contribution in [0.3, 0.4) is 0 Å². The van der Waals surface area contributed by atoms with Gasteiger partial charge in [-0.3, -0.25) is 4.79 Å². The quantitative estimate of drug-likeness (QED) is 0.757. The van der Waals surface area contributed by atoms with E-state index in [4.69, 9.17) is 11.6 Å². The lowest BCUT2D eigenvalue weighted by atomic mass is 10.2. The van der Waals surface area contributed by atoms with Gasteiger partial charge in [0.1, 0.15) is 5.82 Å². The van der Waals surface area contributed by atoms with Gasteiger partial charge in [0.2, 0.25) is 0 Å². The molecule has 2 nitrogen and oxygen atoms in total. The summed E-state index contributed by atoms with van der Waals surface area (Å²) in [6.45, 7) is 3.07. The van der Waals surface area contributed by atoms with Gasteiger partial charge in [-0.1, -0.05) is 0 Å². The largest absolute Gasteiger partial charge is 0.339 e. The third-order valence-corrected chi connectivity index (χ3v) is 3.31. The number of benzene rings is 1. The van der Waals surface area contributed by atoms with E-state index in [0.29, 0.717) is 29.0 Å². The van der Waals surface area contributed by atoms with E-state index in [2.05, 4.69) is 15.9 Å². The number of carbonyl (C=O) groups is 1. The van der Waals surface area contributed by atoms with Crippen molar-refractivity contribution < 1.29 is 9.18 Å². The first-order valence-corrected chi connectivity index (χ1v) is 6.73. The second kappa shape index (κ2) is 6.97. The number of carbonyl (C=O) groups excluding carboxylic acids is 1. The third-order valence-electron chi connectivity index (χ3n) is 2.40. The summed E-state index contributed by atoms with van der Waals surface area (Å²) in [5, 5.41) is 0. The predicted octanol–water partition coefficient (Wildman–Crippen LogP) is 3.68. The first-order chi connectivity index (χ1) is 8.10. The smallest absolute Gasteiger partial charge is 0.253 e. The van der Waals surface area contributed by atoms with Crippen molar-refractivity contribution in [3.8, 4) is 0 Å². The molecule has 1 rings (SSSR count). The summed E-state index contributed by atoms with van der Waals surface area (Å²) in [5.74, 6) is -0.0772. The van der Waals surface area contributed by atoms with E-state index >= 15 is 0 Å². The zero-order chi connectivity index (χ0) is 12.8. The lowest BCUT2D eigenvalue weighted by Crippen LogP contribution is -2.32. The second-order valence-electron chi connectivity index (χ2n) is 3.56. The first kappa shape index (κ1) is 14.5. The number of nitrogens with zero attached hydrogens (tertiary/aromatic N) is 1. The molecule has 1 amide bonds. The summed E-state index contributed by atoms with van der Waals surface area (Å²) in [6, 6.07) is 4.40. The number of hydrogen-bond donors (Lipinski definition) is 0. The van der Waals surface area contributed by atoms with Crippen molar-refractivity contribution in [1.82, 2.24) is 4.90 Å². The van der Waals surface area contributed by atoms with E-state index in [0.717, 1.165) is 6.42 Å². The van der Waals surface area contributed by atoms with Gasteiger partial charge in [-0.15, -0.1) is 11.6 Å². The minimum absolute atomic E-state index is 0.163. The first-order valence-electron chi connectivity index (χ1n) is 5.40. The Balaban J connectivity index is 2.82. The Bertz CT molecular complexity index is 400. The van der Waals surface area contributed by atoms with Crippen molar-refractivity contribution in [3.63, 3.8) is 0 Å². The molecule has 0 atom stereocenters. The van der Waals surface area contributed by atoms with Crippen molar-refractivity contribution in [2.45, 2.75) is 13.3 Å². The number of rotatable bonds is 5. The van der Waals surface area contributed by atoms with Crippen LogP contribution >= 0.6 is 27.5 Å². The van der Waals surface area contributed by atoms with Crippen LogP contribution in [0.1, 0.15) is 23.7 Å². The van der Waals surface area contributed by atoms with Gasteiger partial charge in [-0.25, -0.2) is 4.39 Å². The third kappa shape index (κ3) is 3.96. The molecule has 0 aliphatic carbocycles. The van der Waals surface area contributed by atoms with Crippen LogP contribution in [0.15, 0.2) is 22.7 Å². The fourth-order valence-corrected chi connectivity index (χ4v) is 1.83. The summed E-state index contributed by atoms with van der Waals surface area (Å²) >= 11 is 8.65. The molecule has 0 aliphatic heterocycles. The van der Waals surface area contributed by atoms with Crippen molar-refractivity contribution in [2.24, 2.45) is 0 Å². The van der Waals surface area contributed by atoms with E-state index < -0.39 is 5.82 Å². The topological polar surface area (TPSA) is 20.3 Å². The Hall–Kier alpha value is -0.610. The molecular formula is C12H14BrClFNO. The molecule has 0 aromatic heterocycles. The zero-order valence-electron chi connectivity index (χ0n) is 9.55. The Kier molecular flexibility index (Phi) is 5.92. The molecule has 0 radical (unpaired) electrons. The summed E-state index contributed by atoms with van der Waals surface area (Å²) < 4.78 is 13.7. The zero-order valence-corrected chi connectivity index (χ0v) is 11.9. The molecule has 17 heavy (non-hydrogen) atoms. The monoisotopic (exact) mass is 321 g/mol. The molecule has 0 spiro atoms. The molecular weight excluding hydrogens is 308 g/mol. The van der Waals surface area contributed by atoms with Gasteiger partial charge in [0.15, 0.2) is 0 Å². The molecule has 1 aromatic carbocycles. The van der Waals surface area contributed by atoms with E-state index in [-0.39, 0.29) is 5.91 Å². The highest BCUT2D eigenvalue weighted by atomic mass is 79.9. The minimum Gasteiger partial charge on any atom is -0.339 e. The molecule has 0 unspecified atom stereocenters.